The van der Waals surface area contributed by atoms with E-state index in [1.165, 1.54) is 14.2 Å². The molecule has 1 saturated heterocycles. The minimum absolute atomic E-state index is 0.166. The number of hydrogen-bond donors (Lipinski definition) is 1. The molecule has 1 aromatic carbocycles. The molecule has 1 aliphatic rings. The normalized spacial score (nSPS) is 14.2. The van der Waals surface area contributed by atoms with Crippen molar-refractivity contribution in [1.82, 2.24) is 9.97 Å². The summed E-state index contributed by atoms with van der Waals surface area (Å²) in [7, 11) is 4.78. The standard InChI is InChI=1S/C20H20Cl2N4O3/c1-27-11-8-26(9-11)20-12-5-16(23)24-7-10(12)4-13(25-20)17-18(21)14(28-2)6-15(29-3)19(17)22/h4-7,11H,8-9H2,1-3H3,(H2,23,24). The Morgan fingerprint density at radius 2 is 1.69 bits per heavy atom. The van der Waals surface area contributed by atoms with Crippen LogP contribution in [-0.4, -0.2) is 50.5 Å². The van der Waals surface area contributed by atoms with E-state index < -0.39 is 0 Å². The molecular weight excluding hydrogens is 415 g/mol. The molecule has 3 heterocycles. The van der Waals surface area contributed by atoms with E-state index in [0.29, 0.717) is 38.6 Å². The molecule has 4 rings (SSSR count). The number of ether oxygens (including phenoxy) is 3. The molecule has 152 valence electrons. The van der Waals surface area contributed by atoms with Gasteiger partial charge in [0.1, 0.15) is 23.1 Å². The first-order valence-corrected chi connectivity index (χ1v) is 9.66. The van der Waals surface area contributed by atoms with Crippen molar-refractivity contribution in [3.63, 3.8) is 0 Å². The van der Waals surface area contributed by atoms with E-state index in [1.807, 2.05) is 12.1 Å². The second-order valence-corrected chi connectivity index (χ2v) is 7.46. The Labute approximate surface area is 178 Å². The number of nitrogens with zero attached hydrogens (tertiary/aromatic N) is 3. The molecule has 1 aliphatic heterocycles. The first-order valence-electron chi connectivity index (χ1n) is 8.91. The summed E-state index contributed by atoms with van der Waals surface area (Å²) in [5.74, 6) is 2.10. The van der Waals surface area contributed by atoms with E-state index in [-0.39, 0.29) is 6.10 Å². The van der Waals surface area contributed by atoms with Crippen molar-refractivity contribution in [2.24, 2.45) is 0 Å². The molecular formula is C20H20Cl2N4O3. The van der Waals surface area contributed by atoms with Crippen LogP contribution in [0.2, 0.25) is 10.0 Å². The van der Waals surface area contributed by atoms with Crippen molar-refractivity contribution in [2.45, 2.75) is 6.10 Å². The molecule has 0 spiro atoms. The maximum atomic E-state index is 6.61. The number of halogens is 2. The van der Waals surface area contributed by atoms with Crippen molar-refractivity contribution in [3.05, 3.63) is 34.4 Å². The summed E-state index contributed by atoms with van der Waals surface area (Å²) in [6.07, 6.45) is 1.88. The van der Waals surface area contributed by atoms with Crippen LogP contribution >= 0.6 is 23.2 Å². The van der Waals surface area contributed by atoms with Crippen molar-refractivity contribution in [3.8, 4) is 22.8 Å². The molecule has 9 heteroatoms. The van der Waals surface area contributed by atoms with Gasteiger partial charge in [-0.05, 0) is 12.1 Å². The smallest absolute Gasteiger partial charge is 0.141 e. The Morgan fingerprint density at radius 3 is 2.28 bits per heavy atom. The van der Waals surface area contributed by atoms with E-state index in [2.05, 4.69) is 9.88 Å². The van der Waals surface area contributed by atoms with Gasteiger partial charge in [0, 0.05) is 48.8 Å². The first kappa shape index (κ1) is 19.8. The zero-order valence-electron chi connectivity index (χ0n) is 16.2. The lowest BCUT2D eigenvalue weighted by atomic mass is 10.0. The number of aromatic nitrogens is 2. The number of benzene rings is 1. The number of fused-ring (bicyclic) bond motifs is 1. The van der Waals surface area contributed by atoms with Crippen molar-refractivity contribution >= 4 is 45.6 Å². The zero-order valence-corrected chi connectivity index (χ0v) is 17.7. The van der Waals surface area contributed by atoms with Crippen LogP contribution in [0.15, 0.2) is 24.4 Å². The van der Waals surface area contributed by atoms with Crippen LogP contribution in [0.4, 0.5) is 11.6 Å². The van der Waals surface area contributed by atoms with Crippen LogP contribution < -0.4 is 20.1 Å². The molecule has 0 atom stereocenters. The molecule has 7 nitrogen and oxygen atoms in total. The lowest BCUT2D eigenvalue weighted by Gasteiger charge is -2.39. The third-order valence-electron chi connectivity index (χ3n) is 5.03. The highest BCUT2D eigenvalue weighted by Crippen LogP contribution is 2.46. The highest BCUT2D eigenvalue weighted by atomic mass is 35.5. The van der Waals surface area contributed by atoms with Gasteiger partial charge in [-0.15, -0.1) is 0 Å². The van der Waals surface area contributed by atoms with Gasteiger partial charge in [0.05, 0.1) is 36.1 Å². The predicted molar refractivity (Wildman–Crippen MR) is 116 cm³/mol. The summed E-state index contributed by atoms with van der Waals surface area (Å²) in [4.78, 5) is 11.2. The van der Waals surface area contributed by atoms with Crippen LogP contribution in [0.5, 0.6) is 11.5 Å². The molecule has 0 saturated carbocycles. The van der Waals surface area contributed by atoms with Gasteiger partial charge >= 0.3 is 0 Å². The van der Waals surface area contributed by atoms with Gasteiger partial charge in [0.15, 0.2) is 0 Å². The number of methoxy groups -OCH3 is 3. The highest BCUT2D eigenvalue weighted by Gasteiger charge is 2.30. The van der Waals surface area contributed by atoms with Gasteiger partial charge in [-0.3, -0.25) is 0 Å². The second-order valence-electron chi connectivity index (χ2n) is 6.71. The molecule has 0 amide bonds. The van der Waals surface area contributed by atoms with Crippen molar-refractivity contribution in [2.75, 3.05) is 45.1 Å². The summed E-state index contributed by atoms with van der Waals surface area (Å²) >= 11 is 13.2. The average Bonchev–Trinajstić information content (AvgIpc) is 2.68. The maximum absolute atomic E-state index is 6.61. The van der Waals surface area contributed by atoms with Gasteiger partial charge in [-0.1, -0.05) is 23.2 Å². The van der Waals surface area contributed by atoms with Crippen LogP contribution in [0.3, 0.4) is 0 Å². The minimum Gasteiger partial charge on any atom is -0.495 e. The summed E-state index contributed by atoms with van der Waals surface area (Å²) in [5, 5.41) is 2.49. The minimum atomic E-state index is 0.166. The number of nitrogen functional groups attached to an aromatic ring is 1. The van der Waals surface area contributed by atoms with Crippen molar-refractivity contribution < 1.29 is 14.2 Å². The first-order chi connectivity index (χ1) is 14.0. The van der Waals surface area contributed by atoms with E-state index in [0.717, 1.165) is 29.7 Å². The quantitative estimate of drug-likeness (QED) is 0.648. The highest BCUT2D eigenvalue weighted by molar-refractivity contribution is 6.41. The van der Waals surface area contributed by atoms with E-state index in [4.69, 9.17) is 48.1 Å². The SMILES string of the molecule is COc1cc(OC)c(Cl)c(-c2cc3cnc(N)cc3c(N3CC(OC)C3)n2)c1Cl. The molecule has 3 aromatic rings. The van der Waals surface area contributed by atoms with Gasteiger partial charge in [0.2, 0.25) is 0 Å². The fraction of sp³-hybridized carbons (Fsp3) is 0.300. The summed E-state index contributed by atoms with van der Waals surface area (Å²) in [5.41, 5.74) is 7.05. The van der Waals surface area contributed by atoms with E-state index in [1.54, 1.807) is 19.4 Å². The van der Waals surface area contributed by atoms with Crippen LogP contribution in [-0.2, 0) is 4.74 Å². The third kappa shape index (κ3) is 3.39. The second kappa shape index (κ2) is 7.74. The number of pyridine rings is 2. The van der Waals surface area contributed by atoms with Gasteiger partial charge in [0.25, 0.3) is 0 Å². The lowest BCUT2D eigenvalue weighted by Crippen LogP contribution is -2.52. The zero-order chi connectivity index (χ0) is 20.7. The summed E-state index contributed by atoms with van der Waals surface area (Å²) in [6, 6.07) is 5.35. The monoisotopic (exact) mass is 434 g/mol. The molecule has 2 aromatic heterocycles. The van der Waals surface area contributed by atoms with Gasteiger partial charge < -0.3 is 24.8 Å². The Morgan fingerprint density at radius 1 is 1.03 bits per heavy atom. The van der Waals surface area contributed by atoms with E-state index >= 15 is 0 Å². The number of rotatable bonds is 5. The Balaban J connectivity index is 1.95. The number of nitrogens with two attached hydrogens (primary N) is 1. The van der Waals surface area contributed by atoms with Gasteiger partial charge in [-0.25, -0.2) is 9.97 Å². The molecule has 1 fully saturated rings. The summed E-state index contributed by atoms with van der Waals surface area (Å²) in [6.45, 7) is 1.46. The fourth-order valence-electron chi connectivity index (χ4n) is 3.38. The van der Waals surface area contributed by atoms with Crippen molar-refractivity contribution in [1.29, 1.82) is 0 Å². The number of hydrogen-bond acceptors (Lipinski definition) is 7. The Kier molecular flexibility index (Phi) is 5.29. The Hall–Kier alpha value is -2.48. The Bertz CT molecular complexity index is 1060. The van der Waals surface area contributed by atoms with Gasteiger partial charge in [-0.2, -0.15) is 0 Å². The van der Waals surface area contributed by atoms with E-state index in [9.17, 15) is 0 Å². The molecule has 0 aliphatic carbocycles. The van der Waals surface area contributed by atoms with Crippen LogP contribution in [0.1, 0.15) is 0 Å². The third-order valence-corrected chi connectivity index (χ3v) is 5.78. The molecule has 29 heavy (non-hydrogen) atoms. The van der Waals surface area contributed by atoms with Crippen LogP contribution in [0, 0.1) is 0 Å². The predicted octanol–water partition coefficient (Wildman–Crippen LogP) is 4.04. The number of anilines is 2. The molecule has 0 radical (unpaired) electrons. The maximum Gasteiger partial charge on any atom is 0.141 e. The average molecular weight is 435 g/mol. The topological polar surface area (TPSA) is 82.7 Å². The molecule has 0 bridgehead atoms. The largest absolute Gasteiger partial charge is 0.495 e. The summed E-state index contributed by atoms with van der Waals surface area (Å²) < 4.78 is 16.2. The lowest BCUT2D eigenvalue weighted by molar-refractivity contribution is 0.0785. The van der Waals surface area contributed by atoms with Crippen LogP contribution in [0.25, 0.3) is 22.0 Å². The fourth-order valence-corrected chi connectivity index (χ4v) is 4.08. The molecule has 2 N–H and O–H groups in total. The molecule has 0 unspecified atom stereocenters.